The lowest BCUT2D eigenvalue weighted by Gasteiger charge is -2.15. The summed E-state index contributed by atoms with van der Waals surface area (Å²) in [5.74, 6) is -1.46. The van der Waals surface area contributed by atoms with Crippen LogP contribution in [-0.2, 0) is 0 Å². The Bertz CT molecular complexity index is 1590. The first-order valence-corrected chi connectivity index (χ1v) is 11.2. The molecule has 0 unspecified atom stereocenters. The third kappa shape index (κ3) is 4.69. The van der Waals surface area contributed by atoms with Crippen LogP contribution in [-0.4, -0.2) is 31.9 Å². The van der Waals surface area contributed by atoms with Gasteiger partial charge in [0, 0.05) is 22.7 Å². The maximum absolute atomic E-state index is 13.2. The molecule has 2 heterocycles. The molecular weight excluding hydrogens is 459 g/mol. The Morgan fingerprint density at radius 3 is 2.39 bits per heavy atom. The number of hydrogen-bond donors (Lipinski definition) is 3. The number of carboxylic acid groups (broad SMARTS) is 1. The minimum absolute atomic E-state index is 0.0351. The molecule has 0 aliphatic heterocycles. The molecule has 3 aromatic carbocycles. The second-order valence-electron chi connectivity index (χ2n) is 8.41. The number of amides is 1. The number of rotatable bonds is 6. The number of H-pyrrole nitrogens is 1. The topological polar surface area (TPSA) is 108 Å². The van der Waals surface area contributed by atoms with Gasteiger partial charge in [0.15, 0.2) is 5.82 Å². The molecule has 1 atom stereocenters. The molecule has 5 rings (SSSR count). The summed E-state index contributed by atoms with van der Waals surface area (Å²) < 4.78 is 13.2. The summed E-state index contributed by atoms with van der Waals surface area (Å²) in [6, 6.07) is 19.6. The first kappa shape index (κ1) is 22.9. The van der Waals surface area contributed by atoms with E-state index in [0.29, 0.717) is 22.8 Å². The second-order valence-corrected chi connectivity index (χ2v) is 8.41. The highest BCUT2D eigenvalue weighted by molar-refractivity contribution is 5.99. The predicted molar refractivity (Wildman–Crippen MR) is 134 cm³/mol. The largest absolute Gasteiger partial charge is 0.478 e. The van der Waals surface area contributed by atoms with Gasteiger partial charge in [-0.25, -0.2) is 14.2 Å². The number of hydrogen-bond acceptors (Lipinski definition) is 4. The van der Waals surface area contributed by atoms with Crippen molar-refractivity contribution >= 4 is 22.6 Å². The minimum atomic E-state index is -1.16. The lowest BCUT2D eigenvalue weighted by molar-refractivity contribution is 0.0697. The molecule has 0 spiro atoms. The van der Waals surface area contributed by atoms with Crippen LogP contribution in [0.5, 0.6) is 0 Å². The van der Waals surface area contributed by atoms with Crippen LogP contribution in [0.3, 0.4) is 0 Å². The van der Waals surface area contributed by atoms with E-state index in [2.05, 4.69) is 20.3 Å². The Balaban J connectivity index is 1.45. The van der Waals surface area contributed by atoms with Crippen molar-refractivity contribution in [3.05, 3.63) is 108 Å². The third-order valence-electron chi connectivity index (χ3n) is 5.92. The minimum Gasteiger partial charge on any atom is -0.478 e. The van der Waals surface area contributed by atoms with Crippen molar-refractivity contribution in [3.8, 4) is 22.8 Å². The molecule has 36 heavy (non-hydrogen) atoms. The number of fused-ring (bicyclic) bond motifs is 1. The summed E-state index contributed by atoms with van der Waals surface area (Å²) in [6.07, 6.45) is 3.35. The van der Waals surface area contributed by atoms with Gasteiger partial charge in [0.1, 0.15) is 11.5 Å². The highest BCUT2D eigenvalue weighted by Crippen LogP contribution is 2.26. The van der Waals surface area contributed by atoms with Crippen LogP contribution in [0, 0.1) is 5.82 Å². The van der Waals surface area contributed by atoms with Gasteiger partial charge in [-0.3, -0.25) is 9.78 Å². The van der Waals surface area contributed by atoms with Crippen LogP contribution in [0.25, 0.3) is 33.5 Å². The molecule has 0 bridgehead atoms. The highest BCUT2D eigenvalue weighted by atomic mass is 19.1. The van der Waals surface area contributed by atoms with Crippen LogP contribution in [0.4, 0.5) is 4.39 Å². The van der Waals surface area contributed by atoms with Gasteiger partial charge in [-0.2, -0.15) is 0 Å². The van der Waals surface area contributed by atoms with Gasteiger partial charge in [-0.15, -0.1) is 0 Å². The van der Waals surface area contributed by atoms with Gasteiger partial charge < -0.3 is 15.4 Å². The number of aromatic nitrogens is 3. The molecule has 0 aliphatic rings. The number of halogens is 1. The fourth-order valence-electron chi connectivity index (χ4n) is 3.96. The number of benzene rings is 3. The molecule has 0 fully saturated rings. The summed E-state index contributed by atoms with van der Waals surface area (Å²) in [6.45, 7) is 1.77. The van der Waals surface area contributed by atoms with E-state index in [0.717, 1.165) is 16.3 Å². The van der Waals surface area contributed by atoms with E-state index in [1.54, 1.807) is 37.5 Å². The molecule has 0 aliphatic carbocycles. The molecule has 1 amide bonds. The average molecular weight is 480 g/mol. The fraction of sp³-hybridized carbons (Fsp3) is 0.0714. The van der Waals surface area contributed by atoms with Crippen LogP contribution in [0.1, 0.15) is 39.2 Å². The number of imidazole rings is 1. The highest BCUT2D eigenvalue weighted by Gasteiger charge is 2.17. The summed E-state index contributed by atoms with van der Waals surface area (Å²) in [7, 11) is 0. The van der Waals surface area contributed by atoms with Gasteiger partial charge in [0.05, 0.1) is 23.5 Å². The van der Waals surface area contributed by atoms with Crippen molar-refractivity contribution in [2.75, 3.05) is 0 Å². The molecule has 178 valence electrons. The zero-order chi connectivity index (χ0) is 25.2. The van der Waals surface area contributed by atoms with E-state index in [1.165, 1.54) is 24.3 Å². The lowest BCUT2D eigenvalue weighted by atomic mass is 10.0. The first-order chi connectivity index (χ1) is 17.4. The molecule has 8 heteroatoms. The van der Waals surface area contributed by atoms with E-state index >= 15 is 0 Å². The lowest BCUT2D eigenvalue weighted by Crippen LogP contribution is -2.27. The van der Waals surface area contributed by atoms with Gasteiger partial charge in [-0.05, 0) is 54.3 Å². The van der Waals surface area contributed by atoms with E-state index in [-0.39, 0.29) is 16.9 Å². The van der Waals surface area contributed by atoms with E-state index in [4.69, 9.17) is 0 Å². The number of pyridine rings is 1. The molecule has 7 nitrogen and oxygen atoms in total. The van der Waals surface area contributed by atoms with Crippen LogP contribution in [0.15, 0.2) is 85.2 Å². The number of nitrogens with zero attached hydrogens (tertiary/aromatic N) is 2. The Hall–Kier alpha value is -4.85. The smallest absolute Gasteiger partial charge is 0.335 e. The number of carbonyl (C=O) groups excluding carboxylic acids is 1. The number of nitrogens with one attached hydrogen (secondary N) is 2. The molecule has 2 aromatic heterocycles. The number of carboxylic acids is 1. The summed E-state index contributed by atoms with van der Waals surface area (Å²) in [4.78, 5) is 36.8. The molecule has 0 radical (unpaired) electrons. The van der Waals surface area contributed by atoms with Crippen LogP contribution < -0.4 is 5.32 Å². The number of aromatic amines is 1. The number of carbonyl (C=O) groups is 2. The number of aromatic carboxylic acids is 1. The van der Waals surface area contributed by atoms with Gasteiger partial charge in [0.2, 0.25) is 0 Å². The zero-order valence-corrected chi connectivity index (χ0v) is 19.2. The zero-order valence-electron chi connectivity index (χ0n) is 19.2. The predicted octanol–water partition coefficient (Wildman–Crippen LogP) is 5.62. The van der Waals surface area contributed by atoms with Crippen molar-refractivity contribution in [2.24, 2.45) is 0 Å². The van der Waals surface area contributed by atoms with Crippen molar-refractivity contribution in [2.45, 2.75) is 13.0 Å². The fourth-order valence-corrected chi connectivity index (χ4v) is 3.96. The van der Waals surface area contributed by atoms with E-state index in [1.807, 2.05) is 30.3 Å². The Labute approximate surface area is 205 Å². The normalized spacial score (nSPS) is 11.8. The van der Waals surface area contributed by atoms with E-state index < -0.39 is 17.9 Å². The summed E-state index contributed by atoms with van der Waals surface area (Å²) in [5.41, 5.74) is 2.55. The molecule has 3 N–H and O–H groups in total. The third-order valence-corrected chi connectivity index (χ3v) is 5.92. The van der Waals surface area contributed by atoms with Gasteiger partial charge >= 0.3 is 5.97 Å². The molecular formula is C28H21FN4O3. The monoisotopic (exact) mass is 480 g/mol. The van der Waals surface area contributed by atoms with Crippen molar-refractivity contribution < 1.29 is 19.1 Å². The summed E-state index contributed by atoms with van der Waals surface area (Å²) >= 11 is 0. The first-order valence-electron chi connectivity index (χ1n) is 11.2. The van der Waals surface area contributed by atoms with Crippen molar-refractivity contribution in [1.29, 1.82) is 0 Å². The standard InChI is InChI=1S/C28H21FN4O3/c1-16(17-6-8-23(29)9-7-17)32-27(34)21-10-20(11-22(12-21)28(35)36)25-15-31-26(33-25)24-13-18-4-2-3-5-19(18)14-30-24/h2-16H,1H3,(H,31,33)(H,32,34)(H,35,36)/t16-/m1/s1. The average Bonchev–Trinajstić information content (AvgIpc) is 3.39. The van der Waals surface area contributed by atoms with Gasteiger partial charge in [-0.1, -0.05) is 36.4 Å². The molecule has 5 aromatic rings. The molecule has 0 saturated heterocycles. The van der Waals surface area contributed by atoms with Crippen molar-refractivity contribution in [3.63, 3.8) is 0 Å². The van der Waals surface area contributed by atoms with Crippen LogP contribution in [0.2, 0.25) is 0 Å². The SMILES string of the molecule is C[C@@H](NC(=O)c1cc(C(=O)O)cc(-c2cnc(-c3cc4ccccc4cn3)[nH]2)c1)c1ccc(F)cc1. The Morgan fingerprint density at radius 2 is 1.64 bits per heavy atom. The van der Waals surface area contributed by atoms with Crippen molar-refractivity contribution in [1.82, 2.24) is 20.3 Å². The second kappa shape index (κ2) is 9.42. The van der Waals surface area contributed by atoms with Crippen LogP contribution >= 0.6 is 0 Å². The van der Waals surface area contributed by atoms with Gasteiger partial charge in [0.25, 0.3) is 5.91 Å². The summed E-state index contributed by atoms with van der Waals surface area (Å²) in [5, 5.41) is 14.5. The maximum atomic E-state index is 13.2. The quantitative estimate of drug-likeness (QED) is 0.292. The molecule has 0 saturated carbocycles. The Kier molecular flexibility index (Phi) is 6.00. The Morgan fingerprint density at radius 1 is 0.917 bits per heavy atom. The maximum Gasteiger partial charge on any atom is 0.335 e. The van der Waals surface area contributed by atoms with E-state index in [9.17, 15) is 19.1 Å².